The molecular formula is C30H21FN8O3. The van der Waals surface area contributed by atoms with Gasteiger partial charge in [-0.1, -0.05) is 18.2 Å². The van der Waals surface area contributed by atoms with E-state index in [2.05, 4.69) is 29.9 Å². The molecule has 11 nitrogen and oxygen atoms in total. The van der Waals surface area contributed by atoms with E-state index in [1.54, 1.807) is 55.1 Å². The molecule has 3 aromatic heterocycles. The van der Waals surface area contributed by atoms with Crippen LogP contribution in [0, 0.1) is 5.82 Å². The van der Waals surface area contributed by atoms with E-state index in [0.717, 1.165) is 27.1 Å². The lowest BCUT2D eigenvalue weighted by molar-refractivity contribution is 0.0979. The molecule has 0 bridgehead atoms. The molecule has 0 aliphatic heterocycles. The molecule has 4 N–H and O–H groups in total. The highest BCUT2D eigenvalue weighted by molar-refractivity contribution is 6.07. The van der Waals surface area contributed by atoms with Crippen molar-refractivity contribution in [1.82, 2.24) is 29.9 Å². The van der Waals surface area contributed by atoms with E-state index < -0.39 is 11.7 Å². The predicted molar refractivity (Wildman–Crippen MR) is 154 cm³/mol. The van der Waals surface area contributed by atoms with Crippen LogP contribution in [0.5, 0.6) is 17.4 Å². The number of H-pyrrole nitrogens is 2. The summed E-state index contributed by atoms with van der Waals surface area (Å²) in [5.74, 6) is 5.22. The zero-order valence-electron chi connectivity index (χ0n) is 21.8. The molecule has 0 aliphatic carbocycles. The quantitative estimate of drug-likeness (QED) is 0.133. The fraction of sp³-hybridized carbons (Fsp3) is 0.0333. The minimum absolute atomic E-state index is 0.113. The Hall–Kier alpha value is -5.88. The predicted octanol–water partition coefficient (Wildman–Crippen LogP) is 5.41. The number of nitrogens with zero attached hydrogens (tertiary/aromatic N) is 5. The van der Waals surface area contributed by atoms with Gasteiger partial charge in [-0.2, -0.15) is 0 Å². The lowest BCUT2D eigenvalue weighted by Crippen LogP contribution is -2.38. The van der Waals surface area contributed by atoms with Crippen molar-refractivity contribution in [2.75, 3.05) is 5.01 Å². The second kappa shape index (κ2) is 10.3. The van der Waals surface area contributed by atoms with Gasteiger partial charge < -0.3 is 19.4 Å². The maximum Gasteiger partial charge on any atom is 0.296 e. The fourth-order valence-electron chi connectivity index (χ4n) is 4.52. The van der Waals surface area contributed by atoms with Crippen LogP contribution in [0.4, 0.5) is 10.1 Å². The Labute approximate surface area is 236 Å². The van der Waals surface area contributed by atoms with Crippen LogP contribution in [-0.2, 0) is 6.61 Å². The molecule has 7 rings (SSSR count). The van der Waals surface area contributed by atoms with Crippen LogP contribution in [0.15, 0.2) is 91.5 Å². The van der Waals surface area contributed by atoms with Crippen LogP contribution in [0.1, 0.15) is 16.1 Å². The molecule has 3 heterocycles. The lowest BCUT2D eigenvalue weighted by atomic mass is 10.2. The number of imidazole rings is 2. The third kappa shape index (κ3) is 4.71. The molecule has 12 heteroatoms. The summed E-state index contributed by atoms with van der Waals surface area (Å²) in [6.45, 7) is 0.122. The maximum absolute atomic E-state index is 14.3. The molecule has 0 radical (unpaired) electrons. The SMILES string of the molecule is NN(C(=O)c1nc2ccccc2nc1Oc1ccc(F)cc1OCc1ccc2nc[nH]c2c1)c1ccc2nc[nH]c2c1. The van der Waals surface area contributed by atoms with Crippen molar-refractivity contribution < 1.29 is 18.7 Å². The highest BCUT2D eigenvalue weighted by atomic mass is 19.1. The van der Waals surface area contributed by atoms with Gasteiger partial charge in [0.05, 0.1) is 51.4 Å². The van der Waals surface area contributed by atoms with Crippen LogP contribution in [0.2, 0.25) is 0 Å². The molecule has 0 spiro atoms. The first-order chi connectivity index (χ1) is 20.5. The molecule has 42 heavy (non-hydrogen) atoms. The standard InChI is InChI=1S/C30H21FN8O3/c31-18-6-10-26(27(12-18)41-14-17-5-8-20-24(11-17)35-15-33-20)42-29-28(37-22-3-1-2-4-23(22)38-29)30(40)39(32)19-7-9-21-25(13-19)36-16-34-21/h1-13,15-16H,14,32H2,(H,33,35)(H,34,36). The molecule has 0 unspecified atom stereocenters. The number of carbonyl (C=O) groups excluding carboxylic acids is 1. The van der Waals surface area contributed by atoms with Crippen molar-refractivity contribution in [2.24, 2.45) is 5.84 Å². The first kappa shape index (κ1) is 25.1. The summed E-state index contributed by atoms with van der Waals surface area (Å²) >= 11 is 0. The first-order valence-electron chi connectivity index (χ1n) is 12.8. The van der Waals surface area contributed by atoms with E-state index in [9.17, 15) is 9.18 Å². The minimum atomic E-state index is -0.667. The number of para-hydroxylation sites is 2. The van der Waals surface area contributed by atoms with Crippen LogP contribution in [0.3, 0.4) is 0 Å². The summed E-state index contributed by atoms with van der Waals surface area (Å²) in [6.07, 6.45) is 3.16. The van der Waals surface area contributed by atoms with E-state index in [1.165, 1.54) is 18.2 Å². The van der Waals surface area contributed by atoms with Crippen LogP contribution >= 0.6 is 0 Å². The highest BCUT2D eigenvalue weighted by Crippen LogP contribution is 2.34. The number of aromatic nitrogens is 6. The molecule has 0 atom stereocenters. The Bertz CT molecular complexity index is 2110. The molecule has 206 valence electrons. The molecule has 0 fully saturated rings. The largest absolute Gasteiger partial charge is 0.485 e. The molecule has 0 saturated heterocycles. The summed E-state index contributed by atoms with van der Waals surface area (Å²) in [4.78, 5) is 37.2. The number of anilines is 1. The molecule has 4 aromatic carbocycles. The van der Waals surface area contributed by atoms with Crippen LogP contribution in [-0.4, -0.2) is 35.8 Å². The molecule has 1 amide bonds. The van der Waals surface area contributed by atoms with Crippen molar-refractivity contribution in [1.29, 1.82) is 0 Å². The number of fused-ring (bicyclic) bond motifs is 3. The highest BCUT2D eigenvalue weighted by Gasteiger charge is 2.25. The molecule has 7 aromatic rings. The maximum atomic E-state index is 14.3. The van der Waals surface area contributed by atoms with Gasteiger partial charge in [-0.05, 0) is 60.2 Å². The summed E-state index contributed by atoms with van der Waals surface area (Å²) in [6, 6.07) is 21.6. The minimum Gasteiger partial charge on any atom is -0.485 e. The molecule has 0 saturated carbocycles. The van der Waals surface area contributed by atoms with E-state index in [4.69, 9.17) is 15.3 Å². The summed E-state index contributed by atoms with van der Waals surface area (Å²) in [7, 11) is 0. The third-order valence-electron chi connectivity index (χ3n) is 6.63. The Kier molecular flexibility index (Phi) is 6.14. The zero-order chi connectivity index (χ0) is 28.6. The van der Waals surface area contributed by atoms with Gasteiger partial charge in [0.15, 0.2) is 17.2 Å². The molecular weight excluding hydrogens is 539 g/mol. The number of aromatic amines is 2. The summed E-state index contributed by atoms with van der Waals surface area (Å²) in [5.41, 5.74) is 5.15. The molecule has 0 aliphatic rings. The van der Waals surface area contributed by atoms with E-state index in [-0.39, 0.29) is 29.7 Å². The average Bonchev–Trinajstić information content (AvgIpc) is 3.69. The van der Waals surface area contributed by atoms with Gasteiger partial charge >= 0.3 is 0 Å². The number of halogens is 1. The Balaban J connectivity index is 1.23. The van der Waals surface area contributed by atoms with E-state index in [1.807, 2.05) is 18.2 Å². The Morgan fingerprint density at radius 3 is 2.31 bits per heavy atom. The van der Waals surface area contributed by atoms with Crippen molar-refractivity contribution >= 4 is 44.7 Å². The van der Waals surface area contributed by atoms with Gasteiger partial charge in [-0.15, -0.1) is 0 Å². The Morgan fingerprint density at radius 1 is 0.810 bits per heavy atom. The number of hydrazine groups is 1. The third-order valence-corrected chi connectivity index (χ3v) is 6.63. The number of hydrogen-bond acceptors (Lipinski definition) is 8. The number of amides is 1. The number of nitrogens with two attached hydrogens (primary N) is 1. The number of rotatable bonds is 7. The van der Waals surface area contributed by atoms with Crippen molar-refractivity contribution in [3.8, 4) is 17.4 Å². The monoisotopic (exact) mass is 560 g/mol. The smallest absolute Gasteiger partial charge is 0.296 e. The van der Waals surface area contributed by atoms with Crippen LogP contribution < -0.4 is 20.3 Å². The number of ether oxygens (including phenoxy) is 2. The lowest BCUT2D eigenvalue weighted by Gasteiger charge is -2.19. The second-order valence-corrected chi connectivity index (χ2v) is 9.38. The van der Waals surface area contributed by atoms with Crippen molar-refractivity contribution in [3.05, 3.63) is 109 Å². The topological polar surface area (TPSA) is 148 Å². The fourth-order valence-corrected chi connectivity index (χ4v) is 4.52. The van der Waals surface area contributed by atoms with Crippen molar-refractivity contribution in [3.63, 3.8) is 0 Å². The van der Waals surface area contributed by atoms with Gasteiger partial charge in [-0.25, -0.2) is 35.2 Å². The summed E-state index contributed by atoms with van der Waals surface area (Å²) < 4.78 is 26.4. The van der Waals surface area contributed by atoms with Crippen LogP contribution in [0.25, 0.3) is 33.1 Å². The average molecular weight is 561 g/mol. The van der Waals surface area contributed by atoms with Crippen molar-refractivity contribution in [2.45, 2.75) is 6.61 Å². The van der Waals surface area contributed by atoms with E-state index >= 15 is 0 Å². The normalized spacial score (nSPS) is 11.3. The number of nitrogens with one attached hydrogen (secondary N) is 2. The van der Waals surface area contributed by atoms with Gasteiger partial charge in [-0.3, -0.25) is 4.79 Å². The Morgan fingerprint density at radius 2 is 1.52 bits per heavy atom. The zero-order valence-corrected chi connectivity index (χ0v) is 21.8. The van der Waals surface area contributed by atoms with Gasteiger partial charge in [0, 0.05) is 6.07 Å². The van der Waals surface area contributed by atoms with Gasteiger partial charge in [0.25, 0.3) is 11.8 Å². The first-order valence-corrected chi connectivity index (χ1v) is 12.8. The number of benzene rings is 4. The second-order valence-electron chi connectivity index (χ2n) is 9.38. The number of carbonyl (C=O) groups is 1. The van der Waals surface area contributed by atoms with Gasteiger partial charge in [0.1, 0.15) is 12.4 Å². The van der Waals surface area contributed by atoms with Gasteiger partial charge in [0.2, 0.25) is 0 Å². The summed E-state index contributed by atoms with van der Waals surface area (Å²) in [5, 5.41) is 0.958. The van der Waals surface area contributed by atoms with E-state index in [0.29, 0.717) is 22.2 Å². The number of hydrogen-bond donors (Lipinski definition) is 3.